The van der Waals surface area contributed by atoms with Crippen LogP contribution in [0.3, 0.4) is 0 Å². The molecule has 2 rings (SSSR count). The van der Waals surface area contributed by atoms with Gasteiger partial charge in [-0.3, -0.25) is 9.78 Å². The van der Waals surface area contributed by atoms with Crippen LogP contribution < -0.4 is 5.73 Å². The molecule has 0 amide bonds. The molecule has 1 atom stereocenters. The summed E-state index contributed by atoms with van der Waals surface area (Å²) in [5.74, 6) is 0.0655. The molecule has 0 saturated carbocycles. The Hall–Kier alpha value is -1.44. The molecule has 0 bridgehead atoms. The summed E-state index contributed by atoms with van der Waals surface area (Å²) in [7, 11) is 0. The second kappa shape index (κ2) is 6.65. The number of carboxylic acids is 1. The molecule has 0 aliphatic heterocycles. The van der Waals surface area contributed by atoms with Gasteiger partial charge in [0.05, 0.1) is 11.4 Å². The van der Waals surface area contributed by atoms with Crippen molar-refractivity contribution < 1.29 is 9.90 Å². The topological polar surface area (TPSA) is 89.1 Å². The van der Waals surface area contributed by atoms with Crippen molar-refractivity contribution >= 4 is 29.1 Å². The summed E-state index contributed by atoms with van der Waals surface area (Å²) < 4.78 is 0. The van der Waals surface area contributed by atoms with Crippen LogP contribution in [0, 0.1) is 0 Å². The number of carbonyl (C=O) groups is 1. The maximum atomic E-state index is 10.6. The van der Waals surface area contributed by atoms with Gasteiger partial charge in [0, 0.05) is 23.1 Å². The van der Waals surface area contributed by atoms with Crippen molar-refractivity contribution in [3.63, 3.8) is 0 Å². The van der Waals surface area contributed by atoms with Gasteiger partial charge in [-0.25, -0.2) is 4.98 Å². The number of hydrogen-bond donors (Lipinski definition) is 2. The molecule has 0 aliphatic rings. The number of hydrogen-bond acceptors (Lipinski definition) is 6. The second-order valence-electron chi connectivity index (χ2n) is 3.82. The van der Waals surface area contributed by atoms with Crippen molar-refractivity contribution in [2.75, 3.05) is 5.75 Å². The zero-order chi connectivity index (χ0) is 13.7. The van der Waals surface area contributed by atoms with Crippen molar-refractivity contribution in [3.8, 4) is 10.7 Å². The second-order valence-corrected chi connectivity index (χ2v) is 5.71. The molecule has 0 aromatic carbocycles. The smallest absolute Gasteiger partial charge is 0.321 e. The van der Waals surface area contributed by atoms with Gasteiger partial charge in [-0.15, -0.1) is 11.3 Å². The summed E-state index contributed by atoms with van der Waals surface area (Å²) in [6, 6.07) is 4.88. The Morgan fingerprint density at radius 1 is 1.53 bits per heavy atom. The van der Waals surface area contributed by atoms with Crippen LogP contribution in [0.4, 0.5) is 0 Å². The van der Waals surface area contributed by atoms with E-state index in [9.17, 15) is 4.79 Å². The number of pyridine rings is 1. The minimum absolute atomic E-state index is 0.381. The Kier molecular flexibility index (Phi) is 4.89. The average Bonchev–Trinajstić information content (AvgIpc) is 2.88. The van der Waals surface area contributed by atoms with Crippen molar-refractivity contribution in [3.05, 3.63) is 35.5 Å². The Bertz CT molecular complexity index is 545. The number of rotatable bonds is 6. The highest BCUT2D eigenvalue weighted by molar-refractivity contribution is 7.98. The van der Waals surface area contributed by atoms with Crippen LogP contribution in [0.5, 0.6) is 0 Å². The number of aliphatic carboxylic acids is 1. The predicted molar refractivity (Wildman–Crippen MR) is 77.1 cm³/mol. The quantitative estimate of drug-likeness (QED) is 0.845. The van der Waals surface area contributed by atoms with Gasteiger partial charge in [-0.05, 0) is 12.1 Å². The van der Waals surface area contributed by atoms with Crippen LogP contribution in [0.25, 0.3) is 10.7 Å². The maximum Gasteiger partial charge on any atom is 0.321 e. The third kappa shape index (κ3) is 4.02. The lowest BCUT2D eigenvalue weighted by atomic mass is 10.4. The van der Waals surface area contributed by atoms with E-state index in [0.717, 1.165) is 16.4 Å². The van der Waals surface area contributed by atoms with E-state index in [0.29, 0.717) is 11.5 Å². The summed E-state index contributed by atoms with van der Waals surface area (Å²) in [4.78, 5) is 19.3. The molecule has 0 fully saturated rings. The molecule has 100 valence electrons. The molecule has 7 heteroatoms. The highest BCUT2D eigenvalue weighted by Gasteiger charge is 2.12. The largest absolute Gasteiger partial charge is 0.480 e. The van der Waals surface area contributed by atoms with Gasteiger partial charge in [0.2, 0.25) is 0 Å². The Labute approximate surface area is 118 Å². The van der Waals surface area contributed by atoms with E-state index < -0.39 is 12.0 Å². The van der Waals surface area contributed by atoms with Gasteiger partial charge < -0.3 is 10.8 Å². The Balaban J connectivity index is 1.90. The van der Waals surface area contributed by atoms with Gasteiger partial charge in [-0.1, -0.05) is 6.07 Å². The van der Waals surface area contributed by atoms with Gasteiger partial charge in [0.1, 0.15) is 11.0 Å². The lowest BCUT2D eigenvalue weighted by Crippen LogP contribution is -2.32. The molecular formula is C12H13N3O2S2. The minimum Gasteiger partial charge on any atom is -0.480 e. The molecule has 1 unspecified atom stereocenters. The molecule has 3 N–H and O–H groups in total. The molecule has 0 saturated heterocycles. The van der Waals surface area contributed by atoms with Gasteiger partial charge >= 0.3 is 5.97 Å². The fraction of sp³-hybridized carbons (Fsp3) is 0.250. The van der Waals surface area contributed by atoms with Crippen molar-refractivity contribution in [2.24, 2.45) is 5.73 Å². The monoisotopic (exact) mass is 295 g/mol. The van der Waals surface area contributed by atoms with Gasteiger partial charge in [0.25, 0.3) is 0 Å². The SMILES string of the molecule is NC(CSCc1csc(-c2ccccn2)n1)C(=O)O. The molecular weight excluding hydrogens is 282 g/mol. The molecule has 5 nitrogen and oxygen atoms in total. The molecule has 0 spiro atoms. The normalized spacial score (nSPS) is 12.3. The van der Waals surface area contributed by atoms with Crippen LogP contribution in [0.2, 0.25) is 0 Å². The first-order valence-corrected chi connectivity index (χ1v) is 7.62. The van der Waals surface area contributed by atoms with Gasteiger partial charge in [-0.2, -0.15) is 11.8 Å². The lowest BCUT2D eigenvalue weighted by molar-refractivity contribution is -0.137. The van der Waals surface area contributed by atoms with Crippen LogP contribution in [0.15, 0.2) is 29.8 Å². The molecule has 2 aromatic heterocycles. The highest BCUT2D eigenvalue weighted by atomic mass is 32.2. The van der Waals surface area contributed by atoms with E-state index in [1.54, 1.807) is 6.20 Å². The third-order valence-corrected chi connectivity index (χ3v) is 4.31. The summed E-state index contributed by atoms with van der Waals surface area (Å²) in [5.41, 5.74) is 7.21. The van der Waals surface area contributed by atoms with Crippen LogP contribution in [-0.4, -0.2) is 32.8 Å². The number of nitrogens with zero attached hydrogens (tertiary/aromatic N) is 2. The average molecular weight is 295 g/mol. The Morgan fingerprint density at radius 2 is 2.37 bits per heavy atom. The number of nitrogens with two attached hydrogens (primary N) is 1. The standard InChI is InChI=1S/C12H13N3O2S2/c13-9(12(16)17)7-18-5-8-6-19-11(15-8)10-3-1-2-4-14-10/h1-4,6,9H,5,7,13H2,(H,16,17). The zero-order valence-corrected chi connectivity index (χ0v) is 11.7. The first-order valence-electron chi connectivity index (χ1n) is 5.59. The van der Waals surface area contributed by atoms with Crippen molar-refractivity contribution in [1.82, 2.24) is 9.97 Å². The molecule has 2 aromatic rings. The Morgan fingerprint density at radius 3 is 3.05 bits per heavy atom. The first kappa shape index (κ1) is 14.0. The third-order valence-electron chi connectivity index (χ3n) is 2.30. The van der Waals surface area contributed by atoms with Crippen molar-refractivity contribution in [1.29, 1.82) is 0 Å². The predicted octanol–water partition coefficient (Wildman–Crippen LogP) is 1.85. The van der Waals surface area contributed by atoms with E-state index in [1.807, 2.05) is 23.6 Å². The summed E-state index contributed by atoms with van der Waals surface area (Å²) >= 11 is 3.00. The van der Waals surface area contributed by atoms with E-state index in [1.165, 1.54) is 23.1 Å². The van der Waals surface area contributed by atoms with Crippen molar-refractivity contribution in [2.45, 2.75) is 11.8 Å². The maximum absolute atomic E-state index is 10.6. The number of carboxylic acid groups (broad SMARTS) is 1. The molecule has 2 heterocycles. The van der Waals surface area contributed by atoms with E-state index in [-0.39, 0.29) is 0 Å². The van der Waals surface area contributed by atoms with Gasteiger partial charge in [0.15, 0.2) is 0 Å². The fourth-order valence-electron chi connectivity index (χ4n) is 1.34. The first-order chi connectivity index (χ1) is 9.16. The van der Waals surface area contributed by atoms with Crippen LogP contribution in [-0.2, 0) is 10.5 Å². The lowest BCUT2D eigenvalue weighted by Gasteiger charge is -2.04. The molecule has 19 heavy (non-hydrogen) atoms. The van der Waals surface area contributed by atoms with E-state index >= 15 is 0 Å². The number of thiazole rings is 1. The number of aromatic nitrogens is 2. The molecule has 0 radical (unpaired) electrons. The van der Waals surface area contributed by atoms with E-state index in [4.69, 9.17) is 10.8 Å². The van der Waals surface area contributed by atoms with Crippen LogP contribution >= 0.6 is 23.1 Å². The highest BCUT2D eigenvalue weighted by Crippen LogP contribution is 2.23. The molecule has 0 aliphatic carbocycles. The number of thioether (sulfide) groups is 1. The van der Waals surface area contributed by atoms with Crippen LogP contribution in [0.1, 0.15) is 5.69 Å². The van der Waals surface area contributed by atoms with E-state index in [2.05, 4.69) is 9.97 Å². The minimum atomic E-state index is -0.972. The summed E-state index contributed by atoms with van der Waals surface area (Å²) in [6.45, 7) is 0. The summed E-state index contributed by atoms with van der Waals surface area (Å²) in [5, 5.41) is 11.5. The summed E-state index contributed by atoms with van der Waals surface area (Å²) in [6.07, 6.45) is 1.73. The zero-order valence-electron chi connectivity index (χ0n) is 10.0. The fourth-order valence-corrected chi connectivity index (χ4v) is 3.11.